The Morgan fingerprint density at radius 2 is 2.15 bits per heavy atom. The van der Waals surface area contributed by atoms with Gasteiger partial charge in [-0.15, -0.1) is 0 Å². The summed E-state index contributed by atoms with van der Waals surface area (Å²) in [6.07, 6.45) is 7.05. The maximum atomic E-state index is 5.76. The van der Waals surface area contributed by atoms with Crippen LogP contribution < -0.4 is 11.1 Å². The van der Waals surface area contributed by atoms with Gasteiger partial charge in [0.25, 0.3) is 0 Å². The number of hydrogen-bond acceptors (Lipinski definition) is 5. The summed E-state index contributed by atoms with van der Waals surface area (Å²) in [5.41, 5.74) is 7.32. The fourth-order valence-electron chi connectivity index (χ4n) is 2.11. The highest BCUT2D eigenvalue weighted by Crippen LogP contribution is 2.21. The van der Waals surface area contributed by atoms with E-state index >= 15 is 0 Å². The number of aromatic amines is 1. The molecule has 6 nitrogen and oxygen atoms in total. The van der Waals surface area contributed by atoms with Crippen LogP contribution in [0.15, 0.2) is 36.9 Å². The molecule has 0 bridgehead atoms. The molecule has 0 atom stereocenters. The van der Waals surface area contributed by atoms with Crippen molar-refractivity contribution in [3.63, 3.8) is 0 Å². The topological polar surface area (TPSA) is 92.5 Å². The minimum Gasteiger partial charge on any atom is -0.399 e. The molecule has 0 aliphatic carbocycles. The van der Waals surface area contributed by atoms with Gasteiger partial charge in [-0.1, -0.05) is 0 Å². The summed E-state index contributed by atoms with van der Waals surface area (Å²) in [5, 5.41) is 4.32. The van der Waals surface area contributed by atoms with Gasteiger partial charge in [-0.3, -0.25) is 0 Å². The number of rotatable bonds is 5. The minimum atomic E-state index is 0.708. The van der Waals surface area contributed by atoms with E-state index in [-0.39, 0.29) is 0 Å². The van der Waals surface area contributed by atoms with Gasteiger partial charge in [0.1, 0.15) is 18.0 Å². The second-order valence-electron chi connectivity index (χ2n) is 4.57. The largest absolute Gasteiger partial charge is 0.399 e. The minimum absolute atomic E-state index is 0.708. The van der Waals surface area contributed by atoms with Crippen molar-refractivity contribution in [1.82, 2.24) is 19.9 Å². The Bertz CT molecular complexity index is 692. The van der Waals surface area contributed by atoms with E-state index in [0.717, 1.165) is 41.9 Å². The Hall–Kier alpha value is -2.63. The number of anilines is 2. The standard InChI is InChI=1S/C14H16N6/c15-10-3-4-11-12(8-10)19-9-20-14(11)18-5-1-2-13-16-6-7-17-13/h3-4,6-9H,1-2,5,15H2,(H,16,17)(H,18,19,20). The summed E-state index contributed by atoms with van der Waals surface area (Å²) in [6.45, 7) is 0.831. The molecule has 0 saturated heterocycles. The van der Waals surface area contributed by atoms with Crippen LogP contribution in [-0.2, 0) is 6.42 Å². The van der Waals surface area contributed by atoms with Crippen LogP contribution in [0.5, 0.6) is 0 Å². The molecular formula is C14H16N6. The van der Waals surface area contributed by atoms with E-state index in [1.54, 1.807) is 12.5 Å². The van der Waals surface area contributed by atoms with Gasteiger partial charge in [0.15, 0.2) is 0 Å². The number of nitrogens with zero attached hydrogens (tertiary/aromatic N) is 3. The van der Waals surface area contributed by atoms with E-state index in [2.05, 4.69) is 25.3 Å². The first kappa shape index (κ1) is 12.4. The quantitative estimate of drug-likeness (QED) is 0.486. The highest BCUT2D eigenvalue weighted by molar-refractivity contribution is 5.90. The number of nitrogens with one attached hydrogen (secondary N) is 2. The lowest BCUT2D eigenvalue weighted by molar-refractivity contribution is 0.814. The summed E-state index contributed by atoms with van der Waals surface area (Å²) in [6, 6.07) is 5.66. The molecule has 0 saturated carbocycles. The first-order chi connectivity index (χ1) is 9.83. The van der Waals surface area contributed by atoms with Gasteiger partial charge < -0.3 is 16.0 Å². The molecule has 6 heteroatoms. The van der Waals surface area contributed by atoms with E-state index < -0.39 is 0 Å². The number of aromatic nitrogens is 4. The summed E-state index contributed by atoms with van der Waals surface area (Å²) in [7, 11) is 0. The fraction of sp³-hybridized carbons (Fsp3) is 0.214. The molecular weight excluding hydrogens is 252 g/mol. The highest BCUT2D eigenvalue weighted by atomic mass is 15.0. The number of H-pyrrole nitrogens is 1. The third kappa shape index (κ3) is 2.69. The second kappa shape index (κ2) is 5.56. The molecule has 0 fully saturated rings. The molecule has 20 heavy (non-hydrogen) atoms. The summed E-state index contributed by atoms with van der Waals surface area (Å²) in [4.78, 5) is 15.8. The number of imidazole rings is 1. The van der Waals surface area contributed by atoms with Gasteiger partial charge >= 0.3 is 0 Å². The van der Waals surface area contributed by atoms with Crippen LogP contribution in [-0.4, -0.2) is 26.5 Å². The Morgan fingerprint density at radius 1 is 1.20 bits per heavy atom. The molecule has 0 aliphatic heterocycles. The number of fused-ring (bicyclic) bond motifs is 1. The zero-order valence-corrected chi connectivity index (χ0v) is 11.0. The van der Waals surface area contributed by atoms with Gasteiger partial charge in [-0.05, 0) is 24.6 Å². The van der Waals surface area contributed by atoms with Crippen molar-refractivity contribution in [1.29, 1.82) is 0 Å². The van der Waals surface area contributed by atoms with Gasteiger partial charge in [-0.2, -0.15) is 0 Å². The van der Waals surface area contributed by atoms with Crippen LogP contribution in [0.2, 0.25) is 0 Å². The highest BCUT2D eigenvalue weighted by Gasteiger charge is 2.03. The molecule has 3 rings (SSSR count). The number of benzene rings is 1. The lowest BCUT2D eigenvalue weighted by Crippen LogP contribution is -2.06. The monoisotopic (exact) mass is 268 g/mol. The SMILES string of the molecule is Nc1ccc2c(NCCCc3ncc[nH]3)ncnc2c1. The Morgan fingerprint density at radius 3 is 3.00 bits per heavy atom. The molecule has 0 amide bonds. The Balaban J connectivity index is 1.65. The van der Waals surface area contributed by atoms with Crippen molar-refractivity contribution in [2.75, 3.05) is 17.6 Å². The second-order valence-corrected chi connectivity index (χ2v) is 4.57. The molecule has 0 unspecified atom stereocenters. The average Bonchev–Trinajstić information content (AvgIpc) is 2.96. The van der Waals surface area contributed by atoms with Crippen LogP contribution in [0, 0.1) is 0 Å². The van der Waals surface area contributed by atoms with Crippen LogP contribution >= 0.6 is 0 Å². The predicted molar refractivity (Wildman–Crippen MR) is 79.3 cm³/mol. The molecule has 2 heterocycles. The van der Waals surface area contributed by atoms with E-state index in [1.165, 1.54) is 0 Å². The molecule has 0 radical (unpaired) electrons. The van der Waals surface area contributed by atoms with Gasteiger partial charge in [0.2, 0.25) is 0 Å². The number of nitrogens with two attached hydrogens (primary N) is 1. The normalized spacial score (nSPS) is 10.8. The maximum absolute atomic E-state index is 5.76. The van der Waals surface area contributed by atoms with Crippen LogP contribution in [0.1, 0.15) is 12.2 Å². The van der Waals surface area contributed by atoms with E-state index in [4.69, 9.17) is 5.73 Å². The van der Waals surface area contributed by atoms with Crippen molar-refractivity contribution in [2.45, 2.75) is 12.8 Å². The van der Waals surface area contributed by atoms with Gasteiger partial charge in [0, 0.05) is 36.4 Å². The summed E-state index contributed by atoms with van der Waals surface area (Å²) in [5.74, 6) is 1.85. The van der Waals surface area contributed by atoms with Crippen molar-refractivity contribution in [2.24, 2.45) is 0 Å². The van der Waals surface area contributed by atoms with Crippen LogP contribution in [0.3, 0.4) is 0 Å². The smallest absolute Gasteiger partial charge is 0.137 e. The van der Waals surface area contributed by atoms with Crippen LogP contribution in [0.4, 0.5) is 11.5 Å². The van der Waals surface area contributed by atoms with Gasteiger partial charge in [-0.25, -0.2) is 15.0 Å². The van der Waals surface area contributed by atoms with Crippen molar-refractivity contribution < 1.29 is 0 Å². The number of aryl methyl sites for hydroxylation is 1. The lowest BCUT2D eigenvalue weighted by Gasteiger charge is -2.08. The van der Waals surface area contributed by atoms with Crippen molar-refractivity contribution >= 4 is 22.4 Å². The Kier molecular flexibility index (Phi) is 3.45. The molecule has 0 aliphatic rings. The van der Waals surface area contributed by atoms with Crippen molar-refractivity contribution in [3.8, 4) is 0 Å². The number of hydrogen-bond donors (Lipinski definition) is 3. The van der Waals surface area contributed by atoms with Crippen LogP contribution in [0.25, 0.3) is 10.9 Å². The zero-order chi connectivity index (χ0) is 13.8. The van der Waals surface area contributed by atoms with E-state index in [0.29, 0.717) is 5.69 Å². The fourth-order valence-corrected chi connectivity index (χ4v) is 2.11. The summed E-state index contributed by atoms with van der Waals surface area (Å²) >= 11 is 0. The third-order valence-corrected chi connectivity index (χ3v) is 3.10. The maximum Gasteiger partial charge on any atom is 0.137 e. The number of nitrogen functional groups attached to an aromatic ring is 1. The van der Waals surface area contributed by atoms with E-state index in [1.807, 2.05) is 24.4 Å². The summed E-state index contributed by atoms with van der Waals surface area (Å²) < 4.78 is 0. The molecule has 0 spiro atoms. The van der Waals surface area contributed by atoms with Crippen molar-refractivity contribution in [3.05, 3.63) is 42.7 Å². The average molecular weight is 268 g/mol. The van der Waals surface area contributed by atoms with Gasteiger partial charge in [0.05, 0.1) is 5.52 Å². The van der Waals surface area contributed by atoms with E-state index in [9.17, 15) is 0 Å². The molecule has 4 N–H and O–H groups in total. The molecule has 102 valence electrons. The molecule has 3 aromatic rings. The predicted octanol–water partition coefficient (Wildman–Crippen LogP) is 1.98. The Labute approximate surface area is 116 Å². The zero-order valence-electron chi connectivity index (χ0n) is 11.0. The third-order valence-electron chi connectivity index (χ3n) is 3.10. The lowest BCUT2D eigenvalue weighted by atomic mass is 10.2. The molecule has 1 aromatic carbocycles. The first-order valence-electron chi connectivity index (χ1n) is 6.55. The molecule has 2 aromatic heterocycles. The first-order valence-corrected chi connectivity index (χ1v) is 6.55.